The molecule has 0 bridgehead atoms. The van der Waals surface area contributed by atoms with Crippen molar-refractivity contribution in [3.05, 3.63) is 43.0 Å². The Morgan fingerprint density at radius 1 is 0.732 bits per heavy atom. The number of aromatic nitrogens is 3. The number of fused-ring (bicyclic) bond motifs is 2. The lowest BCUT2D eigenvalue weighted by molar-refractivity contribution is 0.327. The first-order valence-electron chi connectivity index (χ1n) is 15.0. The average Bonchev–Trinajstić information content (AvgIpc) is 3.74. The fraction of sp³-hybridized carbons (Fsp3) is 0.500. The molecule has 0 fully saturated rings. The highest BCUT2D eigenvalue weighted by Gasteiger charge is 2.25. The van der Waals surface area contributed by atoms with E-state index < -0.39 is 0 Å². The summed E-state index contributed by atoms with van der Waals surface area (Å²) < 4.78 is 17.9. The minimum Gasteiger partial charge on any atom is -0.195 e. The molecule has 0 aliphatic carbocycles. The van der Waals surface area contributed by atoms with E-state index in [0.717, 1.165) is 56.1 Å². The SMILES string of the molecule is CCCCCCCCC(CCCCCC)Cn1nc2c(-c3ccc(Br)s3)c3cc(F)sc3c(-c3ccc(Br)s3)c2n1. The second-order valence-corrected chi connectivity index (χ2v) is 16.9. The van der Waals surface area contributed by atoms with Crippen molar-refractivity contribution in [3.63, 3.8) is 0 Å². The number of benzene rings is 1. The molecule has 0 saturated carbocycles. The Kier molecular flexibility index (Phi) is 11.5. The third kappa shape index (κ3) is 7.69. The molecular weight excluding hydrogens is 701 g/mol. The van der Waals surface area contributed by atoms with Crippen LogP contribution in [0.25, 0.3) is 42.0 Å². The van der Waals surface area contributed by atoms with Gasteiger partial charge in [-0.25, -0.2) is 0 Å². The van der Waals surface area contributed by atoms with Gasteiger partial charge in [-0.3, -0.25) is 0 Å². The van der Waals surface area contributed by atoms with E-state index in [1.165, 1.54) is 88.4 Å². The Morgan fingerprint density at radius 2 is 1.27 bits per heavy atom. The van der Waals surface area contributed by atoms with Crippen LogP contribution in [0, 0.1) is 11.0 Å². The molecule has 4 heterocycles. The molecule has 0 aliphatic heterocycles. The zero-order chi connectivity index (χ0) is 28.8. The lowest BCUT2D eigenvalue weighted by Crippen LogP contribution is -2.13. The number of thiophene rings is 3. The summed E-state index contributed by atoms with van der Waals surface area (Å²) in [5.41, 5.74) is 3.73. The van der Waals surface area contributed by atoms with Crippen molar-refractivity contribution >= 4 is 87.0 Å². The third-order valence-corrected chi connectivity index (χ3v) is 12.0. The van der Waals surface area contributed by atoms with Gasteiger partial charge in [0.1, 0.15) is 11.0 Å². The van der Waals surface area contributed by atoms with Gasteiger partial charge < -0.3 is 0 Å². The molecule has 0 saturated heterocycles. The molecule has 5 rings (SSSR count). The van der Waals surface area contributed by atoms with E-state index >= 15 is 0 Å². The number of hydrogen-bond donors (Lipinski definition) is 0. The van der Waals surface area contributed by atoms with E-state index in [2.05, 4.69) is 70.0 Å². The Morgan fingerprint density at radius 3 is 1.85 bits per heavy atom. The van der Waals surface area contributed by atoms with Crippen molar-refractivity contribution in [2.45, 2.75) is 97.4 Å². The number of halogens is 3. The number of nitrogens with zero attached hydrogens (tertiary/aromatic N) is 3. The highest BCUT2D eigenvalue weighted by molar-refractivity contribution is 9.11. The minimum atomic E-state index is -0.180. The van der Waals surface area contributed by atoms with Gasteiger partial charge in [-0.2, -0.15) is 19.4 Å². The van der Waals surface area contributed by atoms with Gasteiger partial charge in [0.25, 0.3) is 0 Å². The summed E-state index contributed by atoms with van der Waals surface area (Å²) in [5, 5.41) is 11.1. The standard InChI is InChI=1S/C32H38Br2FN3S3/c1-3-5-7-9-10-12-14-21(13-11-8-6-4-2)20-38-36-30-28(23-15-17-25(33)39-23)22-19-27(35)41-32(22)29(31(30)37-38)24-16-18-26(34)40-24/h15-19,21H,3-14,20H2,1-2H3. The maximum Gasteiger partial charge on any atom is 0.177 e. The first-order valence-corrected chi connectivity index (χ1v) is 19.0. The topological polar surface area (TPSA) is 30.7 Å². The lowest BCUT2D eigenvalue weighted by atomic mass is 9.94. The summed E-state index contributed by atoms with van der Waals surface area (Å²) in [6, 6.07) is 10.0. The lowest BCUT2D eigenvalue weighted by Gasteiger charge is -2.16. The van der Waals surface area contributed by atoms with Crippen LogP contribution in [0.2, 0.25) is 0 Å². The number of rotatable bonds is 16. The van der Waals surface area contributed by atoms with Crippen molar-refractivity contribution in [2.75, 3.05) is 0 Å². The molecule has 3 nitrogen and oxygen atoms in total. The van der Waals surface area contributed by atoms with Crippen LogP contribution in [-0.4, -0.2) is 15.0 Å². The van der Waals surface area contributed by atoms with Gasteiger partial charge in [0.2, 0.25) is 0 Å². The van der Waals surface area contributed by atoms with Gasteiger partial charge in [0, 0.05) is 31.0 Å². The molecule has 0 aliphatic rings. The molecule has 0 amide bonds. The maximum atomic E-state index is 14.9. The molecule has 41 heavy (non-hydrogen) atoms. The van der Waals surface area contributed by atoms with Gasteiger partial charge >= 0.3 is 0 Å². The van der Waals surface area contributed by atoms with Gasteiger partial charge in [-0.05, 0) is 81.0 Å². The highest BCUT2D eigenvalue weighted by atomic mass is 79.9. The van der Waals surface area contributed by atoms with Crippen LogP contribution in [0.4, 0.5) is 4.39 Å². The fourth-order valence-electron chi connectivity index (χ4n) is 5.74. The van der Waals surface area contributed by atoms with Crippen LogP contribution in [0.5, 0.6) is 0 Å². The van der Waals surface area contributed by atoms with Gasteiger partial charge in [-0.1, -0.05) is 78.1 Å². The van der Waals surface area contributed by atoms with Crippen LogP contribution in [0.15, 0.2) is 37.9 Å². The van der Waals surface area contributed by atoms with E-state index in [1.54, 1.807) is 28.7 Å². The van der Waals surface area contributed by atoms with Crippen LogP contribution < -0.4 is 0 Å². The van der Waals surface area contributed by atoms with Gasteiger partial charge in [0.05, 0.1) is 14.1 Å². The largest absolute Gasteiger partial charge is 0.195 e. The molecule has 5 aromatic rings. The van der Waals surface area contributed by atoms with Gasteiger partial charge in [0.15, 0.2) is 5.13 Å². The van der Waals surface area contributed by atoms with Crippen molar-refractivity contribution in [2.24, 2.45) is 5.92 Å². The van der Waals surface area contributed by atoms with E-state index in [9.17, 15) is 4.39 Å². The molecule has 0 radical (unpaired) electrons. The quantitative estimate of drug-likeness (QED) is 0.0944. The molecular formula is C32H38Br2FN3S3. The first kappa shape index (κ1) is 31.3. The second-order valence-electron chi connectivity index (χ2n) is 11.0. The number of unbranched alkanes of at least 4 members (excludes halogenated alkanes) is 8. The minimum absolute atomic E-state index is 0.180. The molecule has 1 unspecified atom stereocenters. The van der Waals surface area contributed by atoms with E-state index in [1.807, 2.05) is 4.80 Å². The van der Waals surface area contributed by atoms with Crippen molar-refractivity contribution < 1.29 is 4.39 Å². The van der Waals surface area contributed by atoms with E-state index in [4.69, 9.17) is 10.2 Å². The van der Waals surface area contributed by atoms with Crippen LogP contribution in [-0.2, 0) is 6.54 Å². The van der Waals surface area contributed by atoms with Crippen molar-refractivity contribution in [3.8, 4) is 20.9 Å². The van der Waals surface area contributed by atoms with E-state index in [-0.39, 0.29) is 5.13 Å². The first-order chi connectivity index (χ1) is 20.0. The molecule has 4 aromatic heterocycles. The molecule has 9 heteroatoms. The van der Waals surface area contributed by atoms with Crippen molar-refractivity contribution in [1.29, 1.82) is 0 Å². The van der Waals surface area contributed by atoms with Crippen molar-refractivity contribution in [1.82, 2.24) is 15.0 Å². The van der Waals surface area contributed by atoms with E-state index in [0.29, 0.717) is 5.92 Å². The Balaban J connectivity index is 1.53. The fourth-order valence-corrected chi connectivity index (χ4v) is 9.64. The highest BCUT2D eigenvalue weighted by Crippen LogP contribution is 2.48. The summed E-state index contributed by atoms with van der Waals surface area (Å²) in [6.07, 6.45) is 15.5. The average molecular weight is 740 g/mol. The number of hydrogen-bond acceptors (Lipinski definition) is 5. The second kappa shape index (κ2) is 15.0. The predicted octanol–water partition coefficient (Wildman–Crippen LogP) is 13.1. The normalized spacial score (nSPS) is 12.7. The maximum absolute atomic E-state index is 14.9. The Labute approximate surface area is 271 Å². The van der Waals surface area contributed by atoms with Crippen LogP contribution in [0.1, 0.15) is 90.9 Å². The van der Waals surface area contributed by atoms with Crippen LogP contribution in [0.3, 0.4) is 0 Å². The Hall–Kier alpha value is -1.13. The smallest absolute Gasteiger partial charge is 0.177 e. The molecule has 0 spiro atoms. The predicted molar refractivity (Wildman–Crippen MR) is 185 cm³/mol. The van der Waals surface area contributed by atoms with Gasteiger partial charge in [-0.15, -0.1) is 34.0 Å². The summed E-state index contributed by atoms with van der Waals surface area (Å²) >= 11 is 11.8. The Bertz CT molecular complexity index is 1470. The molecule has 0 N–H and O–H groups in total. The summed E-state index contributed by atoms with van der Waals surface area (Å²) in [4.78, 5) is 4.13. The zero-order valence-electron chi connectivity index (χ0n) is 23.9. The summed E-state index contributed by atoms with van der Waals surface area (Å²) in [7, 11) is 0. The molecule has 1 atom stereocenters. The summed E-state index contributed by atoms with van der Waals surface area (Å²) in [6.45, 7) is 5.38. The summed E-state index contributed by atoms with van der Waals surface area (Å²) in [5.74, 6) is 0.567. The van der Waals surface area contributed by atoms with Crippen LogP contribution >= 0.6 is 65.9 Å². The monoisotopic (exact) mass is 737 g/mol. The molecule has 220 valence electrons. The zero-order valence-corrected chi connectivity index (χ0v) is 29.5. The molecule has 1 aromatic carbocycles. The third-order valence-electron chi connectivity index (χ3n) is 7.82.